The Hall–Kier alpha value is -1.49. The van der Waals surface area contributed by atoms with E-state index in [9.17, 15) is 4.79 Å². The molecular formula is C13H18N2O3. The minimum absolute atomic E-state index is 0.0804. The molecule has 0 radical (unpaired) electrons. The van der Waals surface area contributed by atoms with Crippen LogP contribution >= 0.6 is 0 Å². The summed E-state index contributed by atoms with van der Waals surface area (Å²) in [6.07, 6.45) is 4.17. The van der Waals surface area contributed by atoms with Gasteiger partial charge in [-0.3, -0.25) is 0 Å². The van der Waals surface area contributed by atoms with Crippen molar-refractivity contribution in [2.75, 3.05) is 6.61 Å². The molecule has 1 aromatic rings. The highest BCUT2D eigenvalue weighted by Crippen LogP contribution is 2.42. The second kappa shape index (κ2) is 5.44. The van der Waals surface area contributed by atoms with E-state index >= 15 is 0 Å². The molecule has 98 valence electrons. The van der Waals surface area contributed by atoms with E-state index in [2.05, 4.69) is 9.97 Å². The zero-order valence-corrected chi connectivity index (χ0v) is 10.7. The molecule has 1 aromatic heterocycles. The largest absolute Gasteiger partial charge is 0.478 e. The Morgan fingerprint density at radius 1 is 1.56 bits per heavy atom. The highest BCUT2D eigenvalue weighted by Gasteiger charge is 2.35. The molecular weight excluding hydrogens is 232 g/mol. The van der Waals surface area contributed by atoms with Gasteiger partial charge in [-0.05, 0) is 32.1 Å². The number of aromatic nitrogens is 2. The summed E-state index contributed by atoms with van der Waals surface area (Å²) < 4.78 is 5.68. The number of carboxylic acid groups (broad SMARTS) is 1. The van der Waals surface area contributed by atoms with Gasteiger partial charge < -0.3 is 9.84 Å². The normalized spacial score (nSPS) is 16.6. The van der Waals surface area contributed by atoms with Crippen LogP contribution < -0.4 is 0 Å². The van der Waals surface area contributed by atoms with Gasteiger partial charge in [0.25, 0.3) is 0 Å². The fraction of sp³-hybridized carbons (Fsp3) is 0.615. The zero-order chi connectivity index (χ0) is 13.1. The van der Waals surface area contributed by atoms with Crippen LogP contribution in [0.25, 0.3) is 0 Å². The quantitative estimate of drug-likeness (QED) is 0.838. The number of rotatable bonds is 6. The lowest BCUT2D eigenvalue weighted by Gasteiger charge is -2.16. The first-order chi connectivity index (χ1) is 8.67. The van der Waals surface area contributed by atoms with Gasteiger partial charge in [-0.2, -0.15) is 0 Å². The van der Waals surface area contributed by atoms with E-state index in [1.165, 1.54) is 6.20 Å². The molecule has 0 amide bonds. The third kappa shape index (κ3) is 2.67. The first kappa shape index (κ1) is 13.0. The summed E-state index contributed by atoms with van der Waals surface area (Å²) in [5.74, 6) is 0.143. The molecule has 1 aliphatic carbocycles. The number of hydrogen-bond donors (Lipinski definition) is 1. The predicted octanol–water partition coefficient (Wildman–Crippen LogP) is 2.22. The number of aryl methyl sites for hydroxylation is 1. The molecule has 1 aliphatic rings. The van der Waals surface area contributed by atoms with Gasteiger partial charge in [0, 0.05) is 12.8 Å². The van der Waals surface area contributed by atoms with E-state index in [1.54, 1.807) is 0 Å². The van der Waals surface area contributed by atoms with Gasteiger partial charge in [0.1, 0.15) is 6.10 Å². The molecule has 0 aliphatic heterocycles. The highest BCUT2D eigenvalue weighted by molar-refractivity contribution is 5.88. The van der Waals surface area contributed by atoms with Crippen molar-refractivity contribution in [3.05, 3.63) is 23.3 Å². The molecule has 2 rings (SSSR count). The first-order valence-electron chi connectivity index (χ1n) is 6.38. The third-order valence-corrected chi connectivity index (χ3v) is 3.10. The van der Waals surface area contributed by atoms with Crippen LogP contribution in [0.5, 0.6) is 0 Å². The van der Waals surface area contributed by atoms with Crippen molar-refractivity contribution < 1.29 is 14.6 Å². The van der Waals surface area contributed by atoms with Crippen molar-refractivity contribution in [1.29, 1.82) is 0 Å². The summed E-state index contributed by atoms with van der Waals surface area (Å²) in [5, 5.41) is 9.04. The zero-order valence-electron chi connectivity index (χ0n) is 10.7. The Balaban J connectivity index is 2.30. The number of hydrogen-bond acceptors (Lipinski definition) is 4. The maximum absolute atomic E-state index is 11.0. The Bertz CT molecular complexity index is 444. The summed E-state index contributed by atoms with van der Waals surface area (Å²) in [6.45, 7) is 4.46. The van der Waals surface area contributed by atoms with Crippen molar-refractivity contribution >= 4 is 5.97 Å². The number of carbonyl (C=O) groups is 1. The Kier molecular flexibility index (Phi) is 3.91. The van der Waals surface area contributed by atoms with Crippen LogP contribution in [-0.2, 0) is 11.2 Å². The summed E-state index contributed by atoms with van der Waals surface area (Å²) in [7, 11) is 0. The molecule has 18 heavy (non-hydrogen) atoms. The molecule has 1 saturated carbocycles. The average molecular weight is 250 g/mol. The summed E-state index contributed by atoms with van der Waals surface area (Å²) in [4.78, 5) is 19.6. The molecule has 1 atom stereocenters. The van der Waals surface area contributed by atoms with Crippen molar-refractivity contribution in [3.8, 4) is 0 Å². The van der Waals surface area contributed by atoms with Crippen LogP contribution in [-0.4, -0.2) is 27.7 Å². The highest BCUT2D eigenvalue weighted by atomic mass is 16.5. The average Bonchev–Trinajstić information content (AvgIpc) is 3.19. The molecule has 1 unspecified atom stereocenters. The predicted molar refractivity (Wildman–Crippen MR) is 65.5 cm³/mol. The smallest absolute Gasteiger partial charge is 0.339 e. The lowest BCUT2D eigenvalue weighted by molar-refractivity contribution is 0.0397. The Morgan fingerprint density at radius 3 is 2.78 bits per heavy atom. The number of carboxylic acids is 1. The van der Waals surface area contributed by atoms with E-state index in [1.807, 2.05) is 13.8 Å². The summed E-state index contributed by atoms with van der Waals surface area (Å²) in [6, 6.07) is 0. The third-order valence-electron chi connectivity index (χ3n) is 3.10. The van der Waals surface area contributed by atoms with Crippen molar-refractivity contribution in [2.24, 2.45) is 5.92 Å². The molecule has 0 spiro atoms. The van der Waals surface area contributed by atoms with Gasteiger partial charge in [0.05, 0.1) is 11.3 Å². The molecule has 5 heteroatoms. The molecule has 1 heterocycles. The standard InChI is InChI=1S/C13H18N2O3/c1-3-10-9(13(16)17)7-14-12(15-10)11(18-4-2)8-5-6-8/h7-8,11H,3-6H2,1-2H3,(H,16,17). The maximum atomic E-state index is 11.0. The summed E-state index contributed by atoms with van der Waals surface area (Å²) >= 11 is 0. The SMILES string of the molecule is CCOC(c1ncc(C(=O)O)c(CC)n1)C1CC1. The van der Waals surface area contributed by atoms with Gasteiger partial charge in [0.2, 0.25) is 0 Å². The monoisotopic (exact) mass is 250 g/mol. The maximum Gasteiger partial charge on any atom is 0.339 e. The van der Waals surface area contributed by atoms with Gasteiger partial charge in [-0.25, -0.2) is 14.8 Å². The van der Waals surface area contributed by atoms with Crippen LogP contribution in [0.1, 0.15) is 54.7 Å². The molecule has 5 nitrogen and oxygen atoms in total. The van der Waals surface area contributed by atoms with E-state index in [0.717, 1.165) is 12.8 Å². The minimum atomic E-state index is -0.974. The van der Waals surface area contributed by atoms with E-state index in [4.69, 9.17) is 9.84 Å². The van der Waals surface area contributed by atoms with Crippen molar-refractivity contribution in [2.45, 2.75) is 39.2 Å². The number of aromatic carboxylic acids is 1. The van der Waals surface area contributed by atoms with E-state index in [0.29, 0.717) is 30.5 Å². The van der Waals surface area contributed by atoms with E-state index < -0.39 is 5.97 Å². The van der Waals surface area contributed by atoms with Crippen LogP contribution in [0, 0.1) is 5.92 Å². The topological polar surface area (TPSA) is 72.3 Å². The van der Waals surface area contributed by atoms with Crippen LogP contribution in [0.2, 0.25) is 0 Å². The lowest BCUT2D eigenvalue weighted by Crippen LogP contribution is -2.14. The second-order valence-electron chi connectivity index (χ2n) is 4.46. The fourth-order valence-electron chi connectivity index (χ4n) is 2.02. The Labute approximate surface area is 106 Å². The summed E-state index contributed by atoms with van der Waals surface area (Å²) in [5.41, 5.74) is 0.769. The van der Waals surface area contributed by atoms with Crippen molar-refractivity contribution in [1.82, 2.24) is 9.97 Å². The molecule has 0 saturated heterocycles. The van der Waals surface area contributed by atoms with Gasteiger partial charge >= 0.3 is 5.97 Å². The van der Waals surface area contributed by atoms with Gasteiger partial charge in [-0.1, -0.05) is 6.92 Å². The lowest BCUT2D eigenvalue weighted by atomic mass is 10.1. The minimum Gasteiger partial charge on any atom is -0.478 e. The molecule has 0 aromatic carbocycles. The first-order valence-corrected chi connectivity index (χ1v) is 6.38. The second-order valence-corrected chi connectivity index (χ2v) is 4.46. The van der Waals surface area contributed by atoms with Crippen LogP contribution in [0.15, 0.2) is 6.20 Å². The van der Waals surface area contributed by atoms with E-state index in [-0.39, 0.29) is 11.7 Å². The fourth-order valence-corrected chi connectivity index (χ4v) is 2.02. The van der Waals surface area contributed by atoms with Crippen molar-refractivity contribution in [3.63, 3.8) is 0 Å². The van der Waals surface area contributed by atoms with Gasteiger partial charge in [0.15, 0.2) is 5.82 Å². The van der Waals surface area contributed by atoms with Gasteiger partial charge in [-0.15, -0.1) is 0 Å². The number of ether oxygens (including phenoxy) is 1. The Morgan fingerprint density at radius 2 is 2.28 bits per heavy atom. The van der Waals surface area contributed by atoms with Crippen LogP contribution in [0.3, 0.4) is 0 Å². The molecule has 0 bridgehead atoms. The molecule has 1 N–H and O–H groups in total. The van der Waals surface area contributed by atoms with Crippen LogP contribution in [0.4, 0.5) is 0 Å². The number of nitrogens with zero attached hydrogens (tertiary/aromatic N) is 2. The molecule has 1 fully saturated rings.